The number of piperidine rings is 1. The van der Waals surface area contributed by atoms with Gasteiger partial charge in [0.1, 0.15) is 5.69 Å². The highest BCUT2D eigenvalue weighted by Gasteiger charge is 2.38. The molecular formula is C20H22F6N4O. The molecule has 2 aromatic rings. The molecule has 1 fully saturated rings. The van der Waals surface area contributed by atoms with Crippen LogP contribution in [-0.2, 0) is 25.3 Å². The molecule has 0 amide bonds. The zero-order valence-corrected chi connectivity index (χ0v) is 16.4. The summed E-state index contributed by atoms with van der Waals surface area (Å²) in [7, 11) is 0. The molecule has 1 saturated heterocycles. The molecule has 4 rings (SSSR count). The number of hydrogen-bond donors (Lipinski definition) is 3. The molecule has 3 N–H and O–H groups in total. The van der Waals surface area contributed by atoms with E-state index in [4.69, 9.17) is 0 Å². The van der Waals surface area contributed by atoms with Gasteiger partial charge in [-0.25, -0.2) is 0 Å². The highest BCUT2D eigenvalue weighted by atomic mass is 19.4. The number of benzene rings is 1. The average Bonchev–Trinajstić information content (AvgIpc) is 3.16. The van der Waals surface area contributed by atoms with Crippen molar-refractivity contribution in [1.29, 1.82) is 0 Å². The van der Waals surface area contributed by atoms with Crippen molar-refractivity contribution in [3.05, 3.63) is 51.8 Å². The third kappa shape index (κ3) is 4.58. The second-order valence-electron chi connectivity index (χ2n) is 8.02. The molecule has 0 aliphatic carbocycles. The van der Waals surface area contributed by atoms with E-state index in [1.807, 2.05) is 0 Å². The van der Waals surface area contributed by atoms with Crippen LogP contribution in [0.4, 0.5) is 26.3 Å². The number of aromatic amines is 1. The van der Waals surface area contributed by atoms with Crippen LogP contribution < -0.4 is 5.32 Å². The lowest BCUT2D eigenvalue weighted by molar-refractivity contribution is -0.143. The van der Waals surface area contributed by atoms with E-state index in [1.54, 1.807) is 4.90 Å². The molecule has 0 radical (unpaired) electrons. The molecule has 2 aliphatic rings. The molecule has 5 nitrogen and oxygen atoms in total. The molecular weight excluding hydrogens is 426 g/mol. The zero-order valence-electron chi connectivity index (χ0n) is 16.4. The van der Waals surface area contributed by atoms with E-state index in [1.165, 1.54) is 0 Å². The van der Waals surface area contributed by atoms with Crippen LogP contribution in [0.25, 0.3) is 0 Å². The fourth-order valence-electron chi connectivity index (χ4n) is 4.33. The topological polar surface area (TPSA) is 64.2 Å². The lowest BCUT2D eigenvalue weighted by Gasteiger charge is -2.35. The van der Waals surface area contributed by atoms with Gasteiger partial charge in [-0.15, -0.1) is 0 Å². The number of aromatic nitrogens is 2. The molecule has 31 heavy (non-hydrogen) atoms. The maximum atomic E-state index is 13.1. The first-order valence-corrected chi connectivity index (χ1v) is 10.0. The van der Waals surface area contributed by atoms with E-state index in [2.05, 4.69) is 15.5 Å². The van der Waals surface area contributed by atoms with Crippen molar-refractivity contribution in [2.24, 2.45) is 0 Å². The smallest absolute Gasteiger partial charge is 0.372 e. The third-order valence-electron chi connectivity index (χ3n) is 6.04. The van der Waals surface area contributed by atoms with Crippen LogP contribution in [0.5, 0.6) is 0 Å². The monoisotopic (exact) mass is 448 g/mol. The van der Waals surface area contributed by atoms with E-state index in [9.17, 15) is 31.4 Å². The number of hydrogen-bond acceptors (Lipinski definition) is 4. The Kier molecular flexibility index (Phi) is 5.78. The van der Waals surface area contributed by atoms with Crippen molar-refractivity contribution < 1.29 is 31.4 Å². The first-order valence-electron chi connectivity index (χ1n) is 10.0. The average molecular weight is 448 g/mol. The quantitative estimate of drug-likeness (QED) is 0.622. The number of likely N-dealkylation sites (tertiary alicyclic amines) is 1. The van der Waals surface area contributed by atoms with Crippen LogP contribution in [0.1, 0.15) is 58.6 Å². The summed E-state index contributed by atoms with van der Waals surface area (Å²) in [6, 6.07) is 1.76. The van der Waals surface area contributed by atoms with Gasteiger partial charge in [0.2, 0.25) is 0 Å². The molecule has 11 heteroatoms. The summed E-state index contributed by atoms with van der Waals surface area (Å²) in [6.45, 7) is 2.06. The highest BCUT2D eigenvalue weighted by molar-refractivity contribution is 5.36. The molecule has 1 aromatic carbocycles. The van der Waals surface area contributed by atoms with Gasteiger partial charge in [0.25, 0.3) is 0 Å². The summed E-state index contributed by atoms with van der Waals surface area (Å²) in [4.78, 5) is 1.75. The number of halogens is 6. The van der Waals surface area contributed by atoms with Crippen molar-refractivity contribution in [2.75, 3.05) is 19.6 Å². The lowest BCUT2D eigenvalue weighted by Crippen LogP contribution is -2.37. The summed E-state index contributed by atoms with van der Waals surface area (Å²) in [5, 5.41) is 21.1. The normalized spacial score (nSPS) is 20.0. The number of alkyl halides is 6. The van der Waals surface area contributed by atoms with E-state index in [-0.39, 0.29) is 11.6 Å². The Bertz CT molecular complexity index is 898. The molecule has 0 spiro atoms. The predicted octanol–water partition coefficient (Wildman–Crippen LogP) is 3.96. The number of nitrogens with one attached hydrogen (secondary N) is 2. The second-order valence-corrected chi connectivity index (χ2v) is 8.02. The maximum absolute atomic E-state index is 13.1. The molecule has 0 saturated carbocycles. The molecule has 1 unspecified atom stereocenters. The predicted molar refractivity (Wildman–Crippen MR) is 99.0 cm³/mol. The van der Waals surface area contributed by atoms with Crippen molar-refractivity contribution >= 4 is 0 Å². The molecule has 1 atom stereocenters. The molecule has 3 heterocycles. The van der Waals surface area contributed by atoms with Gasteiger partial charge in [0.15, 0.2) is 6.23 Å². The number of nitrogens with zero attached hydrogens (tertiary/aromatic N) is 2. The van der Waals surface area contributed by atoms with Crippen molar-refractivity contribution in [3.8, 4) is 0 Å². The largest absolute Gasteiger partial charge is 0.416 e. The summed E-state index contributed by atoms with van der Waals surface area (Å²) >= 11 is 0. The molecule has 0 bridgehead atoms. The van der Waals surface area contributed by atoms with Gasteiger partial charge in [-0.3, -0.25) is 10.00 Å². The van der Waals surface area contributed by atoms with Gasteiger partial charge in [-0.1, -0.05) is 0 Å². The van der Waals surface area contributed by atoms with Gasteiger partial charge in [-0.2, -0.15) is 31.4 Å². The van der Waals surface area contributed by atoms with Crippen LogP contribution in [0.3, 0.4) is 0 Å². The van der Waals surface area contributed by atoms with Crippen LogP contribution in [0, 0.1) is 0 Å². The standard InChI is InChI=1S/C20H22F6N4O/c21-19(22,23)13-7-12(8-14(9-13)20(24,25)26)11-2-5-30(6-3-11)18(31)17-15-10-27-4-1-16(15)28-29-17/h7-9,11,18,27,31H,1-6,10H2,(H,28,29). The van der Waals surface area contributed by atoms with Crippen LogP contribution in [0.2, 0.25) is 0 Å². The Morgan fingerprint density at radius 1 is 1.00 bits per heavy atom. The Morgan fingerprint density at radius 3 is 2.19 bits per heavy atom. The summed E-state index contributed by atoms with van der Waals surface area (Å²) in [6.07, 6.45) is -9.26. The van der Waals surface area contributed by atoms with Gasteiger partial charge >= 0.3 is 12.4 Å². The summed E-state index contributed by atoms with van der Waals surface area (Å²) in [5.41, 5.74) is -0.178. The second kappa shape index (κ2) is 8.10. The molecule has 1 aromatic heterocycles. The van der Waals surface area contributed by atoms with E-state index in [0.717, 1.165) is 36.4 Å². The Labute approximate surface area is 174 Å². The highest BCUT2D eigenvalue weighted by Crippen LogP contribution is 2.40. The van der Waals surface area contributed by atoms with Crippen molar-refractivity contribution in [3.63, 3.8) is 0 Å². The summed E-state index contributed by atoms with van der Waals surface area (Å²) < 4.78 is 78.9. The van der Waals surface area contributed by atoms with Gasteiger partial charge in [0.05, 0.1) is 11.1 Å². The maximum Gasteiger partial charge on any atom is 0.416 e. The lowest BCUT2D eigenvalue weighted by atomic mass is 9.87. The molecule has 2 aliphatic heterocycles. The van der Waals surface area contributed by atoms with Gasteiger partial charge < -0.3 is 10.4 Å². The summed E-state index contributed by atoms with van der Waals surface area (Å²) in [5.74, 6) is -0.457. The van der Waals surface area contributed by atoms with Crippen LogP contribution in [0.15, 0.2) is 18.2 Å². The number of fused-ring (bicyclic) bond motifs is 1. The zero-order chi connectivity index (χ0) is 22.4. The fourth-order valence-corrected chi connectivity index (χ4v) is 4.33. The SMILES string of the molecule is OC(c1n[nH]c2c1CNCC2)N1CCC(c2cc(C(F)(F)F)cc(C(F)(F)F)c2)CC1. The van der Waals surface area contributed by atoms with E-state index in [0.29, 0.717) is 38.2 Å². The third-order valence-corrected chi connectivity index (χ3v) is 6.04. The number of rotatable bonds is 3. The number of H-pyrrole nitrogens is 1. The van der Waals surface area contributed by atoms with Crippen LogP contribution >= 0.6 is 0 Å². The minimum atomic E-state index is -4.86. The Morgan fingerprint density at radius 2 is 1.61 bits per heavy atom. The van der Waals surface area contributed by atoms with Crippen molar-refractivity contribution in [1.82, 2.24) is 20.4 Å². The molecule has 170 valence electrons. The Hall–Kier alpha value is -2.11. The van der Waals surface area contributed by atoms with Crippen molar-refractivity contribution in [2.45, 2.75) is 50.3 Å². The first-order chi connectivity index (χ1) is 14.5. The minimum absolute atomic E-state index is 0.0256. The number of aliphatic hydroxyl groups excluding tert-OH is 1. The Balaban J connectivity index is 1.50. The fraction of sp³-hybridized carbons (Fsp3) is 0.550. The van der Waals surface area contributed by atoms with E-state index >= 15 is 0 Å². The van der Waals surface area contributed by atoms with Gasteiger partial charge in [-0.05, 0) is 42.5 Å². The number of aliphatic hydroxyl groups is 1. The first kappa shape index (κ1) is 22.1. The minimum Gasteiger partial charge on any atom is -0.372 e. The van der Waals surface area contributed by atoms with Gasteiger partial charge in [0, 0.05) is 43.9 Å². The van der Waals surface area contributed by atoms with E-state index < -0.39 is 35.6 Å². The van der Waals surface area contributed by atoms with Crippen LogP contribution in [-0.4, -0.2) is 39.8 Å².